The summed E-state index contributed by atoms with van der Waals surface area (Å²) in [4.78, 5) is 15.6. The molecule has 0 aliphatic heterocycles. The van der Waals surface area contributed by atoms with E-state index in [1.807, 2.05) is 27.7 Å². The van der Waals surface area contributed by atoms with E-state index in [0.717, 1.165) is 5.56 Å². The fraction of sp³-hybridized carbons (Fsp3) is 0.500. The average molecular weight is 256 g/mol. The summed E-state index contributed by atoms with van der Waals surface area (Å²) in [6, 6.07) is 1.80. The molecule has 1 aromatic rings. The SMILES string of the molecule is Cc1cc(NC(=O)CNC(C)(C)C)cnc1Cl. The quantitative estimate of drug-likeness (QED) is 0.816. The summed E-state index contributed by atoms with van der Waals surface area (Å²) in [6.07, 6.45) is 1.55. The molecular formula is C12H18ClN3O. The molecule has 0 fully saturated rings. The van der Waals surface area contributed by atoms with Crippen molar-refractivity contribution in [2.24, 2.45) is 0 Å². The van der Waals surface area contributed by atoms with E-state index < -0.39 is 0 Å². The molecule has 0 aromatic carbocycles. The number of carbonyl (C=O) groups is 1. The zero-order valence-electron chi connectivity index (χ0n) is 10.6. The molecule has 17 heavy (non-hydrogen) atoms. The van der Waals surface area contributed by atoms with Gasteiger partial charge in [0.15, 0.2) is 0 Å². The van der Waals surface area contributed by atoms with Gasteiger partial charge in [0.05, 0.1) is 18.4 Å². The Kier molecular flexibility index (Phi) is 4.48. The van der Waals surface area contributed by atoms with E-state index in [0.29, 0.717) is 10.8 Å². The first-order valence-electron chi connectivity index (χ1n) is 5.45. The van der Waals surface area contributed by atoms with E-state index in [4.69, 9.17) is 11.6 Å². The van der Waals surface area contributed by atoms with E-state index in [9.17, 15) is 4.79 Å². The number of hydrogen-bond acceptors (Lipinski definition) is 3. The minimum atomic E-state index is -0.0940. The number of carbonyl (C=O) groups excluding carboxylic acids is 1. The van der Waals surface area contributed by atoms with Crippen molar-refractivity contribution in [3.05, 3.63) is 23.0 Å². The molecule has 0 saturated heterocycles. The number of hydrogen-bond donors (Lipinski definition) is 2. The van der Waals surface area contributed by atoms with Crippen LogP contribution in [0, 0.1) is 6.92 Å². The summed E-state index contributed by atoms with van der Waals surface area (Å²) in [5.74, 6) is -0.0940. The van der Waals surface area contributed by atoms with E-state index in [1.54, 1.807) is 12.3 Å². The van der Waals surface area contributed by atoms with Gasteiger partial charge < -0.3 is 10.6 Å². The minimum Gasteiger partial charge on any atom is -0.324 e. The summed E-state index contributed by atoms with van der Waals surface area (Å²) in [5, 5.41) is 6.32. The van der Waals surface area contributed by atoms with Gasteiger partial charge in [0.25, 0.3) is 0 Å². The average Bonchev–Trinajstić information content (AvgIpc) is 2.20. The predicted octanol–water partition coefficient (Wildman–Crippen LogP) is 2.37. The number of nitrogens with zero attached hydrogens (tertiary/aromatic N) is 1. The Morgan fingerprint density at radius 1 is 1.47 bits per heavy atom. The van der Waals surface area contributed by atoms with Gasteiger partial charge in [0, 0.05) is 5.54 Å². The zero-order valence-corrected chi connectivity index (χ0v) is 11.4. The van der Waals surface area contributed by atoms with Crippen LogP contribution in [0.5, 0.6) is 0 Å². The molecule has 0 saturated carbocycles. The van der Waals surface area contributed by atoms with Crippen LogP contribution < -0.4 is 10.6 Å². The van der Waals surface area contributed by atoms with Gasteiger partial charge in [-0.25, -0.2) is 4.98 Å². The topological polar surface area (TPSA) is 54.0 Å². The lowest BCUT2D eigenvalue weighted by Crippen LogP contribution is -2.41. The summed E-state index contributed by atoms with van der Waals surface area (Å²) in [6.45, 7) is 8.14. The fourth-order valence-electron chi connectivity index (χ4n) is 1.18. The highest BCUT2D eigenvalue weighted by molar-refractivity contribution is 6.30. The number of pyridine rings is 1. The lowest BCUT2D eigenvalue weighted by Gasteiger charge is -2.20. The van der Waals surface area contributed by atoms with Crippen molar-refractivity contribution in [2.45, 2.75) is 33.2 Å². The van der Waals surface area contributed by atoms with Gasteiger partial charge in [-0.2, -0.15) is 0 Å². The Hall–Kier alpha value is -1.13. The molecule has 1 aromatic heterocycles. The van der Waals surface area contributed by atoms with E-state index in [2.05, 4.69) is 15.6 Å². The van der Waals surface area contributed by atoms with Crippen LogP contribution in [-0.2, 0) is 4.79 Å². The first-order chi connectivity index (χ1) is 7.78. The van der Waals surface area contributed by atoms with Crippen LogP contribution in [-0.4, -0.2) is 23.0 Å². The minimum absolute atomic E-state index is 0.0779. The number of aromatic nitrogens is 1. The first kappa shape index (κ1) is 13.9. The van der Waals surface area contributed by atoms with Crippen molar-refractivity contribution in [1.82, 2.24) is 10.3 Å². The van der Waals surface area contributed by atoms with E-state index in [-0.39, 0.29) is 18.0 Å². The van der Waals surface area contributed by atoms with Gasteiger partial charge >= 0.3 is 0 Å². The number of amides is 1. The van der Waals surface area contributed by atoms with Gasteiger partial charge in [0.2, 0.25) is 5.91 Å². The molecule has 4 nitrogen and oxygen atoms in total. The molecule has 0 bridgehead atoms. The Bertz CT molecular complexity index is 413. The third-order valence-electron chi connectivity index (χ3n) is 2.08. The fourth-order valence-corrected chi connectivity index (χ4v) is 1.28. The second kappa shape index (κ2) is 5.47. The van der Waals surface area contributed by atoms with Crippen molar-refractivity contribution < 1.29 is 4.79 Å². The van der Waals surface area contributed by atoms with Crippen molar-refractivity contribution in [2.75, 3.05) is 11.9 Å². The van der Waals surface area contributed by atoms with Crippen molar-refractivity contribution >= 4 is 23.2 Å². The molecule has 0 aliphatic carbocycles. The smallest absolute Gasteiger partial charge is 0.238 e. The molecule has 5 heteroatoms. The van der Waals surface area contributed by atoms with Crippen molar-refractivity contribution in [3.8, 4) is 0 Å². The Morgan fingerprint density at radius 3 is 2.65 bits per heavy atom. The van der Waals surface area contributed by atoms with Crippen LogP contribution in [0.25, 0.3) is 0 Å². The highest BCUT2D eigenvalue weighted by Crippen LogP contribution is 2.15. The van der Waals surface area contributed by atoms with E-state index >= 15 is 0 Å². The first-order valence-corrected chi connectivity index (χ1v) is 5.83. The Labute approximate surface area is 107 Å². The van der Waals surface area contributed by atoms with Gasteiger partial charge in [-0.15, -0.1) is 0 Å². The summed E-state index contributed by atoms with van der Waals surface area (Å²) in [5.41, 5.74) is 1.42. The normalized spacial score (nSPS) is 11.4. The molecule has 0 spiro atoms. The van der Waals surface area contributed by atoms with Crippen LogP contribution in [0.3, 0.4) is 0 Å². The van der Waals surface area contributed by atoms with Crippen molar-refractivity contribution in [1.29, 1.82) is 0 Å². The molecule has 0 unspecified atom stereocenters. The zero-order chi connectivity index (χ0) is 13.1. The maximum Gasteiger partial charge on any atom is 0.238 e. The Balaban J connectivity index is 2.54. The molecule has 2 N–H and O–H groups in total. The standard InChI is InChI=1S/C12H18ClN3O/c1-8-5-9(6-14-11(8)13)16-10(17)7-15-12(2,3)4/h5-6,15H,7H2,1-4H3,(H,16,17). The molecule has 1 rings (SSSR count). The third-order valence-corrected chi connectivity index (χ3v) is 2.47. The molecular weight excluding hydrogens is 238 g/mol. The summed E-state index contributed by atoms with van der Waals surface area (Å²) < 4.78 is 0. The number of nitrogens with one attached hydrogen (secondary N) is 2. The van der Waals surface area contributed by atoms with E-state index in [1.165, 1.54) is 0 Å². The van der Waals surface area contributed by atoms with Gasteiger partial charge in [-0.3, -0.25) is 4.79 Å². The lowest BCUT2D eigenvalue weighted by molar-refractivity contribution is -0.115. The molecule has 1 heterocycles. The largest absolute Gasteiger partial charge is 0.324 e. The second-order valence-corrected chi connectivity index (χ2v) is 5.34. The van der Waals surface area contributed by atoms with Gasteiger partial charge in [-0.05, 0) is 39.3 Å². The second-order valence-electron chi connectivity index (χ2n) is 4.98. The molecule has 0 radical (unpaired) electrons. The summed E-state index contributed by atoms with van der Waals surface area (Å²) in [7, 11) is 0. The van der Waals surface area contributed by atoms with Gasteiger partial charge in [-0.1, -0.05) is 11.6 Å². The molecule has 0 aliphatic rings. The lowest BCUT2D eigenvalue weighted by atomic mass is 10.1. The van der Waals surface area contributed by atoms with Crippen LogP contribution in [0.2, 0.25) is 5.15 Å². The van der Waals surface area contributed by atoms with Crippen LogP contribution in [0.15, 0.2) is 12.3 Å². The maximum absolute atomic E-state index is 11.6. The van der Waals surface area contributed by atoms with Crippen LogP contribution >= 0.6 is 11.6 Å². The highest BCUT2D eigenvalue weighted by Gasteiger charge is 2.11. The number of rotatable bonds is 3. The van der Waals surface area contributed by atoms with Crippen molar-refractivity contribution in [3.63, 3.8) is 0 Å². The van der Waals surface area contributed by atoms with Crippen LogP contribution in [0.1, 0.15) is 26.3 Å². The molecule has 94 valence electrons. The number of aryl methyl sites for hydroxylation is 1. The number of halogens is 1. The Morgan fingerprint density at radius 2 is 2.12 bits per heavy atom. The highest BCUT2D eigenvalue weighted by atomic mass is 35.5. The number of anilines is 1. The maximum atomic E-state index is 11.6. The van der Waals surface area contributed by atoms with Crippen LogP contribution in [0.4, 0.5) is 5.69 Å². The summed E-state index contributed by atoms with van der Waals surface area (Å²) >= 11 is 5.80. The molecule has 1 amide bonds. The van der Waals surface area contributed by atoms with Gasteiger partial charge in [0.1, 0.15) is 5.15 Å². The third kappa shape index (κ3) is 5.15. The molecule has 0 atom stereocenters. The predicted molar refractivity (Wildman–Crippen MR) is 70.4 cm³/mol. The monoisotopic (exact) mass is 255 g/mol.